The van der Waals surface area contributed by atoms with Crippen LogP contribution in [-0.2, 0) is 0 Å². The molecular formula is C14H24N2OS2. The zero-order valence-electron chi connectivity index (χ0n) is 12.5. The molecule has 0 heterocycles. The maximum absolute atomic E-state index is 11.7. The van der Waals surface area contributed by atoms with E-state index in [0.29, 0.717) is 4.51 Å². The van der Waals surface area contributed by atoms with Gasteiger partial charge in [0.25, 0.3) is 0 Å². The van der Waals surface area contributed by atoms with Crippen molar-refractivity contribution in [1.82, 2.24) is 0 Å². The standard InChI is InChI=1S/C14H24N2OS2/c1-14(2,9-18)7-6-8-16(5)11-10(15(3)4)12(17)13(11)19/h18H,6-9H2,1-5H3. The van der Waals surface area contributed by atoms with Crippen LogP contribution in [0.4, 0.5) is 11.4 Å². The van der Waals surface area contributed by atoms with Gasteiger partial charge in [0.1, 0.15) is 10.2 Å². The third kappa shape index (κ3) is 3.72. The van der Waals surface area contributed by atoms with Crippen molar-refractivity contribution >= 4 is 36.2 Å². The molecule has 0 fully saturated rings. The van der Waals surface area contributed by atoms with Gasteiger partial charge in [-0.2, -0.15) is 12.6 Å². The molecule has 0 atom stereocenters. The third-order valence-corrected chi connectivity index (χ3v) is 4.70. The maximum Gasteiger partial charge on any atom is 0.224 e. The van der Waals surface area contributed by atoms with Gasteiger partial charge in [-0.1, -0.05) is 26.1 Å². The summed E-state index contributed by atoms with van der Waals surface area (Å²) in [6, 6.07) is 0. The van der Waals surface area contributed by atoms with Crippen molar-refractivity contribution < 1.29 is 0 Å². The van der Waals surface area contributed by atoms with Crippen LogP contribution < -0.4 is 15.2 Å². The van der Waals surface area contributed by atoms with Crippen LogP contribution in [0.5, 0.6) is 0 Å². The van der Waals surface area contributed by atoms with E-state index in [1.807, 2.05) is 26.0 Å². The van der Waals surface area contributed by atoms with Gasteiger partial charge in [0.15, 0.2) is 0 Å². The maximum atomic E-state index is 11.7. The van der Waals surface area contributed by atoms with Crippen molar-refractivity contribution in [2.75, 3.05) is 43.2 Å². The molecule has 0 unspecified atom stereocenters. The first-order valence-corrected chi connectivity index (χ1v) is 7.58. The van der Waals surface area contributed by atoms with E-state index in [1.54, 1.807) is 0 Å². The Morgan fingerprint density at radius 3 is 2.26 bits per heavy atom. The fourth-order valence-corrected chi connectivity index (χ4v) is 2.63. The Kier molecular flexibility index (Phi) is 5.44. The van der Waals surface area contributed by atoms with Crippen LogP contribution >= 0.6 is 24.8 Å². The molecule has 1 rings (SSSR count). The van der Waals surface area contributed by atoms with Crippen LogP contribution in [0.1, 0.15) is 26.7 Å². The molecule has 0 aliphatic rings. The Morgan fingerprint density at radius 2 is 1.79 bits per heavy atom. The highest BCUT2D eigenvalue weighted by Gasteiger charge is 2.23. The molecule has 108 valence electrons. The third-order valence-electron chi connectivity index (χ3n) is 3.46. The predicted octanol–water partition coefficient (Wildman–Crippen LogP) is 2.89. The molecule has 5 heteroatoms. The molecule has 0 amide bonds. The fourth-order valence-electron chi connectivity index (χ4n) is 2.12. The molecule has 0 bridgehead atoms. The van der Waals surface area contributed by atoms with Crippen molar-refractivity contribution in [3.05, 3.63) is 14.7 Å². The van der Waals surface area contributed by atoms with Gasteiger partial charge in [-0.05, 0) is 24.0 Å². The number of anilines is 2. The molecule has 0 spiro atoms. The zero-order valence-corrected chi connectivity index (χ0v) is 14.2. The van der Waals surface area contributed by atoms with Crippen molar-refractivity contribution in [3.8, 4) is 0 Å². The molecule has 1 aromatic rings. The van der Waals surface area contributed by atoms with Gasteiger partial charge in [-0.25, -0.2) is 0 Å². The summed E-state index contributed by atoms with van der Waals surface area (Å²) in [7, 11) is 5.77. The van der Waals surface area contributed by atoms with Gasteiger partial charge < -0.3 is 9.80 Å². The normalized spacial score (nSPS) is 11.9. The van der Waals surface area contributed by atoms with E-state index in [4.69, 9.17) is 12.2 Å². The minimum atomic E-state index is -0.00228. The second-order valence-electron chi connectivity index (χ2n) is 6.10. The van der Waals surface area contributed by atoms with Crippen molar-refractivity contribution in [1.29, 1.82) is 0 Å². The largest absolute Gasteiger partial charge is 0.373 e. The SMILES string of the molecule is CN(C)c1c(N(C)CCCC(C)(C)CS)c(=S)c1=O. The average molecular weight is 300 g/mol. The van der Waals surface area contributed by atoms with Gasteiger partial charge in [0.2, 0.25) is 5.43 Å². The average Bonchev–Trinajstić information content (AvgIpc) is 2.33. The van der Waals surface area contributed by atoms with Gasteiger partial charge >= 0.3 is 0 Å². The van der Waals surface area contributed by atoms with Crippen LogP contribution in [0.25, 0.3) is 0 Å². The molecule has 0 saturated heterocycles. The number of nitrogens with zero attached hydrogens (tertiary/aromatic N) is 2. The Balaban J connectivity index is 2.65. The summed E-state index contributed by atoms with van der Waals surface area (Å²) in [5, 5.41) is 0. The van der Waals surface area contributed by atoms with Gasteiger partial charge in [-0.3, -0.25) is 4.79 Å². The summed E-state index contributed by atoms with van der Waals surface area (Å²) in [6.45, 7) is 5.36. The topological polar surface area (TPSA) is 23.6 Å². The quantitative estimate of drug-likeness (QED) is 0.618. The molecule has 0 aromatic heterocycles. The predicted molar refractivity (Wildman–Crippen MR) is 90.4 cm³/mol. The smallest absolute Gasteiger partial charge is 0.224 e. The first-order valence-electron chi connectivity index (χ1n) is 6.54. The van der Waals surface area contributed by atoms with Crippen LogP contribution in [0.3, 0.4) is 0 Å². The molecule has 0 aliphatic carbocycles. The lowest BCUT2D eigenvalue weighted by atomic mass is 9.90. The number of rotatable bonds is 7. The van der Waals surface area contributed by atoms with Gasteiger partial charge in [-0.15, -0.1) is 0 Å². The summed E-state index contributed by atoms with van der Waals surface area (Å²) >= 11 is 9.53. The van der Waals surface area contributed by atoms with Crippen LogP contribution in [-0.4, -0.2) is 33.4 Å². The summed E-state index contributed by atoms with van der Waals surface area (Å²) in [4.78, 5) is 15.7. The summed E-state index contributed by atoms with van der Waals surface area (Å²) < 4.78 is 0.472. The van der Waals surface area contributed by atoms with E-state index >= 15 is 0 Å². The molecule has 0 radical (unpaired) electrons. The van der Waals surface area contributed by atoms with E-state index in [2.05, 4.69) is 31.4 Å². The minimum absolute atomic E-state index is 0.00228. The van der Waals surface area contributed by atoms with E-state index < -0.39 is 0 Å². The van der Waals surface area contributed by atoms with Crippen LogP contribution in [0.15, 0.2) is 4.79 Å². The Hall–Kier alpha value is -0.550. The molecule has 19 heavy (non-hydrogen) atoms. The van der Waals surface area contributed by atoms with E-state index in [0.717, 1.165) is 36.5 Å². The van der Waals surface area contributed by atoms with E-state index in [-0.39, 0.29) is 10.8 Å². The lowest BCUT2D eigenvalue weighted by Crippen LogP contribution is -2.32. The Morgan fingerprint density at radius 1 is 1.21 bits per heavy atom. The van der Waals surface area contributed by atoms with E-state index in [1.165, 1.54) is 0 Å². The highest BCUT2D eigenvalue weighted by molar-refractivity contribution is 7.80. The first-order chi connectivity index (χ1) is 8.71. The number of thiol groups is 1. The summed E-state index contributed by atoms with van der Waals surface area (Å²) in [5.74, 6) is 0.888. The molecule has 0 saturated carbocycles. The molecule has 0 N–H and O–H groups in total. The summed E-state index contributed by atoms with van der Waals surface area (Å²) in [6.07, 6.45) is 2.19. The fraction of sp³-hybridized carbons (Fsp3) is 0.714. The van der Waals surface area contributed by atoms with Crippen molar-refractivity contribution in [2.24, 2.45) is 5.41 Å². The second kappa shape index (κ2) is 6.27. The Labute approximate surface area is 126 Å². The van der Waals surface area contributed by atoms with E-state index in [9.17, 15) is 4.79 Å². The van der Waals surface area contributed by atoms with Crippen LogP contribution in [0, 0.1) is 9.93 Å². The monoisotopic (exact) mass is 300 g/mol. The number of hydrogen-bond donors (Lipinski definition) is 1. The highest BCUT2D eigenvalue weighted by Crippen LogP contribution is 2.30. The summed E-state index contributed by atoms with van der Waals surface area (Å²) in [5.41, 5.74) is 1.92. The number of hydrogen-bond acceptors (Lipinski definition) is 5. The molecule has 3 nitrogen and oxygen atoms in total. The molecule has 0 aliphatic heterocycles. The lowest BCUT2D eigenvalue weighted by molar-refractivity contribution is 0.377. The van der Waals surface area contributed by atoms with Gasteiger partial charge in [0.05, 0.1) is 5.69 Å². The minimum Gasteiger partial charge on any atom is -0.373 e. The van der Waals surface area contributed by atoms with Gasteiger partial charge in [0, 0.05) is 27.7 Å². The zero-order chi connectivity index (χ0) is 14.8. The Bertz CT molecular complexity index is 502. The lowest BCUT2D eigenvalue weighted by Gasteiger charge is -2.29. The first kappa shape index (κ1) is 16.5. The van der Waals surface area contributed by atoms with Crippen molar-refractivity contribution in [2.45, 2.75) is 26.7 Å². The van der Waals surface area contributed by atoms with Crippen LogP contribution in [0.2, 0.25) is 0 Å². The van der Waals surface area contributed by atoms with Crippen molar-refractivity contribution in [3.63, 3.8) is 0 Å². The molecular weight excluding hydrogens is 276 g/mol. The highest BCUT2D eigenvalue weighted by atomic mass is 32.1. The second-order valence-corrected chi connectivity index (χ2v) is 6.82. The molecule has 1 aromatic carbocycles.